The number of nitrogens with zero attached hydrogens (tertiary/aromatic N) is 1. The first-order chi connectivity index (χ1) is 9.61. The van der Waals surface area contributed by atoms with E-state index in [-0.39, 0.29) is 29.2 Å². The number of hydrogen-bond donors (Lipinski definition) is 0. The van der Waals surface area contributed by atoms with Gasteiger partial charge in [0, 0.05) is 18.5 Å². The van der Waals surface area contributed by atoms with E-state index in [2.05, 4.69) is 0 Å². The van der Waals surface area contributed by atoms with E-state index in [1.165, 1.54) is 25.1 Å². The Balaban J connectivity index is 3.20. The lowest BCUT2D eigenvalue weighted by Gasteiger charge is -2.22. The molecule has 0 radical (unpaired) electrons. The van der Waals surface area contributed by atoms with Crippen LogP contribution in [0.2, 0.25) is 0 Å². The molecule has 0 aromatic heterocycles. The number of hydrogen-bond acceptors (Lipinski definition) is 3. The van der Waals surface area contributed by atoms with Gasteiger partial charge in [-0.25, -0.2) is 8.42 Å². The molecule has 0 aliphatic carbocycles. The molecule has 4 nitrogen and oxygen atoms in total. The summed E-state index contributed by atoms with van der Waals surface area (Å²) in [7, 11) is -4.29. The summed E-state index contributed by atoms with van der Waals surface area (Å²) in [5.41, 5.74) is 0.168. The lowest BCUT2D eigenvalue weighted by Crippen LogP contribution is -2.38. The highest BCUT2D eigenvalue weighted by molar-refractivity contribution is 7.89. The summed E-state index contributed by atoms with van der Waals surface area (Å²) in [4.78, 5) is 11.3. The van der Waals surface area contributed by atoms with Gasteiger partial charge in [-0.15, -0.1) is 0 Å². The molecule has 21 heavy (non-hydrogen) atoms. The number of sulfonamides is 1. The summed E-state index contributed by atoms with van der Waals surface area (Å²) in [5, 5.41) is 0. The van der Waals surface area contributed by atoms with Crippen molar-refractivity contribution in [3.63, 3.8) is 0 Å². The van der Waals surface area contributed by atoms with E-state index in [4.69, 9.17) is 0 Å². The largest absolute Gasteiger partial charge is 0.402 e. The van der Waals surface area contributed by atoms with E-state index in [9.17, 15) is 26.4 Å². The van der Waals surface area contributed by atoms with Crippen LogP contribution in [0.15, 0.2) is 29.2 Å². The molecule has 0 saturated heterocycles. The van der Waals surface area contributed by atoms with E-state index in [1.54, 1.807) is 6.92 Å². The van der Waals surface area contributed by atoms with Crippen LogP contribution in [-0.4, -0.2) is 37.8 Å². The van der Waals surface area contributed by atoms with Crippen LogP contribution in [0.3, 0.4) is 0 Å². The predicted octanol–water partition coefficient (Wildman–Crippen LogP) is 2.85. The van der Waals surface area contributed by atoms with Gasteiger partial charge in [0.2, 0.25) is 10.0 Å². The average Bonchev–Trinajstić information content (AvgIpc) is 2.42. The van der Waals surface area contributed by atoms with Crippen molar-refractivity contribution >= 4 is 15.8 Å². The van der Waals surface area contributed by atoms with Crippen molar-refractivity contribution in [1.29, 1.82) is 0 Å². The summed E-state index contributed by atoms with van der Waals surface area (Å²) in [6.45, 7) is 1.07. The Bertz CT molecular complexity index is 611. The van der Waals surface area contributed by atoms with Crippen LogP contribution in [0.1, 0.15) is 30.6 Å². The van der Waals surface area contributed by atoms with E-state index in [0.717, 1.165) is 6.07 Å². The second-order valence-corrected chi connectivity index (χ2v) is 6.29. The predicted molar refractivity (Wildman–Crippen MR) is 71.6 cm³/mol. The monoisotopic (exact) mass is 323 g/mol. The number of benzene rings is 1. The van der Waals surface area contributed by atoms with Crippen molar-refractivity contribution < 1.29 is 26.4 Å². The fourth-order valence-electron chi connectivity index (χ4n) is 1.75. The molecular formula is C13H16F3NO3S. The van der Waals surface area contributed by atoms with E-state index < -0.39 is 22.7 Å². The molecule has 0 atom stereocenters. The van der Waals surface area contributed by atoms with Crippen molar-refractivity contribution in [3.05, 3.63) is 29.8 Å². The van der Waals surface area contributed by atoms with Gasteiger partial charge in [-0.05, 0) is 12.1 Å². The maximum Gasteiger partial charge on any atom is 0.402 e. The summed E-state index contributed by atoms with van der Waals surface area (Å²) >= 11 is 0. The molecule has 0 saturated carbocycles. The first kappa shape index (κ1) is 17.6. The molecule has 1 aromatic rings. The quantitative estimate of drug-likeness (QED) is 0.757. The Morgan fingerprint density at radius 1 is 1.24 bits per heavy atom. The van der Waals surface area contributed by atoms with Crippen LogP contribution >= 0.6 is 0 Å². The molecule has 0 unspecified atom stereocenters. The molecule has 0 amide bonds. The molecule has 1 rings (SSSR count). The number of carbonyl (C=O) groups excluding carboxylic acids is 1. The topological polar surface area (TPSA) is 54.5 Å². The van der Waals surface area contributed by atoms with Gasteiger partial charge in [0.1, 0.15) is 6.54 Å². The number of rotatable bonds is 6. The van der Waals surface area contributed by atoms with Crippen molar-refractivity contribution in [2.75, 3.05) is 13.1 Å². The third kappa shape index (κ3) is 4.53. The van der Waals surface area contributed by atoms with Gasteiger partial charge in [0.05, 0.1) is 4.90 Å². The molecule has 8 heteroatoms. The number of halogens is 3. The maximum absolute atomic E-state index is 12.4. The first-order valence-electron chi connectivity index (χ1n) is 6.32. The third-order valence-electron chi connectivity index (χ3n) is 2.82. The van der Waals surface area contributed by atoms with Gasteiger partial charge < -0.3 is 0 Å². The van der Waals surface area contributed by atoms with E-state index in [0.29, 0.717) is 4.31 Å². The molecule has 0 spiro atoms. The fourth-order valence-corrected chi connectivity index (χ4v) is 3.23. The summed E-state index contributed by atoms with van der Waals surface area (Å²) in [6.07, 6.45) is -4.44. The zero-order chi connectivity index (χ0) is 16.3. The lowest BCUT2D eigenvalue weighted by atomic mass is 10.1. The van der Waals surface area contributed by atoms with Crippen LogP contribution in [0.5, 0.6) is 0 Å². The standard InChI is InChI=1S/C13H16F3NO3S/c1-3-12(18)10-6-5-7-11(8-10)21(19,20)17(4-2)9-13(14,15)16/h5-8H,3-4,9H2,1-2H3. The smallest absolute Gasteiger partial charge is 0.294 e. The van der Waals surface area contributed by atoms with Crippen molar-refractivity contribution in [3.8, 4) is 0 Å². The van der Waals surface area contributed by atoms with Gasteiger partial charge in [-0.3, -0.25) is 4.79 Å². The highest BCUT2D eigenvalue weighted by atomic mass is 32.2. The van der Waals surface area contributed by atoms with Gasteiger partial charge in [-0.1, -0.05) is 26.0 Å². The highest BCUT2D eigenvalue weighted by Gasteiger charge is 2.36. The van der Waals surface area contributed by atoms with E-state index >= 15 is 0 Å². The minimum absolute atomic E-state index is 0.168. The van der Waals surface area contributed by atoms with Crippen LogP contribution < -0.4 is 0 Å². The fraction of sp³-hybridized carbons (Fsp3) is 0.462. The van der Waals surface area contributed by atoms with Gasteiger partial charge in [-0.2, -0.15) is 17.5 Å². The molecule has 0 aliphatic rings. The normalized spacial score (nSPS) is 12.7. The second-order valence-electron chi connectivity index (χ2n) is 4.35. The Morgan fingerprint density at radius 3 is 2.33 bits per heavy atom. The number of alkyl halides is 3. The van der Waals surface area contributed by atoms with Gasteiger partial charge in [0.25, 0.3) is 0 Å². The zero-order valence-electron chi connectivity index (χ0n) is 11.6. The molecule has 0 N–H and O–H groups in total. The second kappa shape index (κ2) is 6.57. The molecular weight excluding hydrogens is 307 g/mol. The SMILES string of the molecule is CCC(=O)c1cccc(S(=O)(=O)N(CC)CC(F)(F)F)c1. The Morgan fingerprint density at radius 2 is 1.86 bits per heavy atom. The summed E-state index contributed by atoms with van der Waals surface area (Å²) < 4.78 is 62.1. The highest BCUT2D eigenvalue weighted by Crippen LogP contribution is 2.23. The zero-order valence-corrected chi connectivity index (χ0v) is 12.5. The van der Waals surface area contributed by atoms with Crippen molar-refractivity contribution in [2.24, 2.45) is 0 Å². The van der Waals surface area contributed by atoms with E-state index in [1.807, 2.05) is 0 Å². The Hall–Kier alpha value is -1.41. The van der Waals surface area contributed by atoms with Crippen molar-refractivity contribution in [1.82, 2.24) is 4.31 Å². The number of carbonyl (C=O) groups is 1. The summed E-state index contributed by atoms with van der Waals surface area (Å²) in [6, 6.07) is 5.07. The van der Waals surface area contributed by atoms with Crippen LogP contribution in [0.25, 0.3) is 0 Å². The first-order valence-corrected chi connectivity index (χ1v) is 7.76. The maximum atomic E-state index is 12.4. The number of Topliss-reactive ketones (excluding diaryl/α,β-unsaturated/α-hetero) is 1. The molecule has 0 aliphatic heterocycles. The molecule has 1 aromatic carbocycles. The van der Waals surface area contributed by atoms with Crippen molar-refractivity contribution in [2.45, 2.75) is 31.3 Å². The molecule has 118 valence electrons. The molecule has 0 bridgehead atoms. The lowest BCUT2D eigenvalue weighted by molar-refractivity contribution is -0.135. The van der Waals surface area contributed by atoms with Crippen LogP contribution in [0.4, 0.5) is 13.2 Å². The number of ketones is 1. The third-order valence-corrected chi connectivity index (χ3v) is 4.74. The summed E-state index contributed by atoms with van der Waals surface area (Å²) in [5.74, 6) is -0.272. The average molecular weight is 323 g/mol. The van der Waals surface area contributed by atoms with Gasteiger partial charge in [0.15, 0.2) is 5.78 Å². The Labute approximate surface area is 121 Å². The molecule has 0 heterocycles. The minimum Gasteiger partial charge on any atom is -0.294 e. The van der Waals surface area contributed by atoms with Crippen LogP contribution in [-0.2, 0) is 10.0 Å². The minimum atomic E-state index is -4.63. The molecule has 0 fully saturated rings. The van der Waals surface area contributed by atoms with Gasteiger partial charge >= 0.3 is 6.18 Å². The Kier molecular flexibility index (Phi) is 5.52. The van der Waals surface area contributed by atoms with Crippen LogP contribution in [0, 0.1) is 0 Å².